The Bertz CT molecular complexity index is 343. The molecule has 1 heterocycles. The molecule has 1 rings (SSSR count). The molecule has 0 aliphatic carbocycles. The van der Waals surface area contributed by atoms with Crippen molar-refractivity contribution in [2.45, 2.75) is 39.5 Å². The van der Waals surface area contributed by atoms with Crippen LogP contribution >= 0.6 is 0 Å². The molecule has 0 aromatic rings. The summed E-state index contributed by atoms with van der Waals surface area (Å²) in [4.78, 5) is 17.0. The Morgan fingerprint density at radius 1 is 1.20 bits per heavy atom. The Kier molecular flexibility index (Phi) is 6.26. The number of rotatable bonds is 6. The number of amidine groups is 1. The van der Waals surface area contributed by atoms with E-state index in [-0.39, 0.29) is 11.7 Å². The lowest BCUT2D eigenvalue weighted by Crippen LogP contribution is -2.56. The van der Waals surface area contributed by atoms with E-state index in [2.05, 4.69) is 17.1 Å². The fourth-order valence-electron chi connectivity index (χ4n) is 2.97. The molecule has 20 heavy (non-hydrogen) atoms. The van der Waals surface area contributed by atoms with Crippen LogP contribution in [0.25, 0.3) is 0 Å². The van der Waals surface area contributed by atoms with Gasteiger partial charge >= 0.3 is 0 Å². The summed E-state index contributed by atoms with van der Waals surface area (Å²) in [5, 5.41) is 12.3. The highest BCUT2D eigenvalue weighted by Gasteiger charge is 2.44. The van der Waals surface area contributed by atoms with E-state index in [9.17, 15) is 4.79 Å². The highest BCUT2D eigenvalue weighted by Crippen LogP contribution is 2.33. The second-order valence-electron chi connectivity index (χ2n) is 5.66. The van der Waals surface area contributed by atoms with Gasteiger partial charge in [-0.25, -0.2) is 0 Å². The van der Waals surface area contributed by atoms with E-state index in [4.69, 9.17) is 10.9 Å². The molecule has 1 saturated heterocycles. The minimum Gasteiger partial charge on any atom is -0.409 e. The molecule has 0 saturated carbocycles. The van der Waals surface area contributed by atoms with Crippen molar-refractivity contribution < 1.29 is 10.0 Å². The Hall–Kier alpha value is -1.30. The number of piperazine rings is 1. The number of amides is 1. The normalized spacial score (nSPS) is 18.4. The number of oxime groups is 1. The summed E-state index contributed by atoms with van der Waals surface area (Å²) in [6.07, 6.45) is 2.91. The molecule has 0 radical (unpaired) electrons. The lowest BCUT2D eigenvalue weighted by atomic mass is 9.76. The molecular weight excluding hydrogens is 256 g/mol. The Morgan fingerprint density at radius 3 is 2.10 bits per heavy atom. The first kappa shape index (κ1) is 16.8. The summed E-state index contributed by atoms with van der Waals surface area (Å²) in [6.45, 7) is 7.21. The molecule has 6 heteroatoms. The maximum Gasteiger partial charge on any atom is 0.236 e. The average molecular weight is 284 g/mol. The van der Waals surface area contributed by atoms with Crippen LogP contribution in [0.4, 0.5) is 0 Å². The van der Waals surface area contributed by atoms with Crippen molar-refractivity contribution in [3.8, 4) is 0 Å². The highest BCUT2D eigenvalue weighted by atomic mass is 16.4. The summed E-state index contributed by atoms with van der Waals surface area (Å²) in [5.41, 5.74) is 5.06. The van der Waals surface area contributed by atoms with E-state index in [0.717, 1.165) is 25.9 Å². The molecule has 6 nitrogen and oxygen atoms in total. The van der Waals surface area contributed by atoms with Gasteiger partial charge in [-0.2, -0.15) is 0 Å². The standard InChI is InChI=1S/C14H28N4O2/c1-4-6-14(7-5-2,12(15)16-20)13(19)18-10-8-17(3)9-11-18/h20H,4-11H2,1-3H3,(H2,15,16). The second-order valence-corrected chi connectivity index (χ2v) is 5.66. The fraction of sp³-hybridized carbons (Fsp3) is 0.857. The maximum absolute atomic E-state index is 12.9. The SMILES string of the molecule is CCCC(CCC)(C(=O)N1CCN(C)CC1)C(N)=NO. The zero-order valence-electron chi connectivity index (χ0n) is 12.9. The smallest absolute Gasteiger partial charge is 0.236 e. The molecule has 1 aliphatic rings. The molecule has 0 unspecified atom stereocenters. The molecule has 0 aromatic heterocycles. The molecule has 0 bridgehead atoms. The molecular formula is C14H28N4O2. The highest BCUT2D eigenvalue weighted by molar-refractivity contribution is 6.06. The van der Waals surface area contributed by atoms with E-state index in [1.807, 2.05) is 18.7 Å². The van der Waals surface area contributed by atoms with Crippen LogP contribution in [-0.4, -0.2) is 60.0 Å². The van der Waals surface area contributed by atoms with Crippen molar-refractivity contribution in [1.82, 2.24) is 9.80 Å². The van der Waals surface area contributed by atoms with Gasteiger partial charge in [-0.1, -0.05) is 31.8 Å². The van der Waals surface area contributed by atoms with Gasteiger partial charge in [0.2, 0.25) is 5.91 Å². The monoisotopic (exact) mass is 284 g/mol. The molecule has 1 fully saturated rings. The van der Waals surface area contributed by atoms with Crippen molar-refractivity contribution in [1.29, 1.82) is 0 Å². The van der Waals surface area contributed by atoms with Gasteiger partial charge in [0.25, 0.3) is 0 Å². The third-order valence-electron chi connectivity index (χ3n) is 4.15. The van der Waals surface area contributed by atoms with E-state index in [1.165, 1.54) is 0 Å². The molecule has 0 spiro atoms. The summed E-state index contributed by atoms with van der Waals surface area (Å²) in [6, 6.07) is 0. The molecule has 1 amide bonds. The summed E-state index contributed by atoms with van der Waals surface area (Å²) in [7, 11) is 2.05. The summed E-state index contributed by atoms with van der Waals surface area (Å²) in [5.74, 6) is 0.0785. The lowest BCUT2D eigenvalue weighted by Gasteiger charge is -2.39. The van der Waals surface area contributed by atoms with Crippen molar-refractivity contribution in [3.05, 3.63) is 0 Å². The first-order chi connectivity index (χ1) is 9.51. The van der Waals surface area contributed by atoms with Crippen LogP contribution in [0.1, 0.15) is 39.5 Å². The minimum atomic E-state index is -0.839. The Labute approximate surface area is 121 Å². The van der Waals surface area contributed by atoms with Gasteiger partial charge in [-0.15, -0.1) is 0 Å². The summed E-state index contributed by atoms with van der Waals surface area (Å²) >= 11 is 0. The van der Waals surface area contributed by atoms with E-state index >= 15 is 0 Å². The number of hydrogen-bond donors (Lipinski definition) is 2. The fourth-order valence-corrected chi connectivity index (χ4v) is 2.97. The van der Waals surface area contributed by atoms with Gasteiger partial charge in [-0.05, 0) is 19.9 Å². The van der Waals surface area contributed by atoms with Crippen LogP contribution in [0.15, 0.2) is 5.16 Å². The van der Waals surface area contributed by atoms with Gasteiger partial charge in [0.1, 0.15) is 5.41 Å². The van der Waals surface area contributed by atoms with Gasteiger partial charge in [0, 0.05) is 26.2 Å². The average Bonchev–Trinajstić information content (AvgIpc) is 2.46. The first-order valence-electron chi connectivity index (χ1n) is 7.47. The first-order valence-corrected chi connectivity index (χ1v) is 7.47. The van der Waals surface area contributed by atoms with Crippen molar-refractivity contribution in [2.24, 2.45) is 16.3 Å². The zero-order valence-corrected chi connectivity index (χ0v) is 12.9. The van der Waals surface area contributed by atoms with E-state index in [0.29, 0.717) is 25.9 Å². The largest absolute Gasteiger partial charge is 0.409 e. The Morgan fingerprint density at radius 2 is 1.70 bits per heavy atom. The van der Waals surface area contributed by atoms with Crippen LogP contribution in [0, 0.1) is 5.41 Å². The number of likely N-dealkylation sites (N-methyl/N-ethyl adjacent to an activating group) is 1. The van der Waals surface area contributed by atoms with Gasteiger partial charge < -0.3 is 20.7 Å². The van der Waals surface area contributed by atoms with Crippen molar-refractivity contribution in [3.63, 3.8) is 0 Å². The zero-order chi connectivity index (χ0) is 15.2. The molecule has 1 aliphatic heterocycles. The van der Waals surface area contributed by atoms with E-state index in [1.54, 1.807) is 0 Å². The van der Waals surface area contributed by atoms with Gasteiger partial charge in [0.05, 0.1) is 0 Å². The van der Waals surface area contributed by atoms with Crippen LogP contribution in [0.3, 0.4) is 0 Å². The minimum absolute atomic E-state index is 0.0181. The number of nitrogens with two attached hydrogens (primary N) is 1. The van der Waals surface area contributed by atoms with Gasteiger partial charge in [0.15, 0.2) is 5.84 Å². The number of carbonyl (C=O) groups is 1. The van der Waals surface area contributed by atoms with Gasteiger partial charge in [-0.3, -0.25) is 4.79 Å². The third kappa shape index (κ3) is 3.42. The van der Waals surface area contributed by atoms with Crippen molar-refractivity contribution in [2.75, 3.05) is 33.2 Å². The Balaban J connectivity index is 2.99. The molecule has 116 valence electrons. The molecule has 0 atom stereocenters. The van der Waals surface area contributed by atoms with Crippen LogP contribution in [0.5, 0.6) is 0 Å². The van der Waals surface area contributed by atoms with Crippen LogP contribution in [-0.2, 0) is 4.79 Å². The number of nitrogens with zero attached hydrogens (tertiary/aromatic N) is 3. The van der Waals surface area contributed by atoms with Crippen LogP contribution in [0.2, 0.25) is 0 Å². The van der Waals surface area contributed by atoms with Crippen LogP contribution < -0.4 is 5.73 Å². The molecule has 0 aromatic carbocycles. The predicted molar refractivity (Wildman–Crippen MR) is 79.7 cm³/mol. The molecule has 3 N–H and O–H groups in total. The van der Waals surface area contributed by atoms with Crippen molar-refractivity contribution >= 4 is 11.7 Å². The lowest BCUT2D eigenvalue weighted by molar-refractivity contribution is -0.141. The topological polar surface area (TPSA) is 82.2 Å². The third-order valence-corrected chi connectivity index (χ3v) is 4.15. The second kappa shape index (κ2) is 7.47. The maximum atomic E-state index is 12.9. The number of hydrogen-bond acceptors (Lipinski definition) is 4. The predicted octanol–water partition coefficient (Wildman–Crippen LogP) is 1.09. The quantitative estimate of drug-likeness (QED) is 0.331. The summed E-state index contributed by atoms with van der Waals surface area (Å²) < 4.78 is 0. The number of carbonyl (C=O) groups excluding carboxylic acids is 1. The van der Waals surface area contributed by atoms with E-state index < -0.39 is 5.41 Å².